The Labute approximate surface area is 163 Å². The van der Waals surface area contributed by atoms with Crippen LogP contribution in [0.3, 0.4) is 0 Å². The van der Waals surface area contributed by atoms with Crippen molar-refractivity contribution in [2.24, 2.45) is 0 Å². The van der Waals surface area contributed by atoms with Crippen LogP contribution in [-0.4, -0.2) is 80.2 Å². The molecule has 0 saturated heterocycles. The Balaban J connectivity index is 4.19. The number of halogens is 2. The van der Waals surface area contributed by atoms with Crippen LogP contribution in [0.15, 0.2) is 0 Å². The van der Waals surface area contributed by atoms with E-state index in [-0.39, 0.29) is 55.8 Å². The van der Waals surface area contributed by atoms with E-state index in [0.29, 0.717) is 19.5 Å². The maximum Gasteiger partial charge on any atom is 0.317 e. The topological polar surface area (TPSA) is 120 Å². The van der Waals surface area contributed by atoms with Crippen LogP contribution < -0.4 is 21.3 Å². The van der Waals surface area contributed by atoms with Gasteiger partial charge in [0.15, 0.2) is 0 Å². The first-order chi connectivity index (χ1) is 12.5. The zero-order valence-corrected chi connectivity index (χ0v) is 16.2. The molecule has 0 saturated carbocycles. The fraction of sp³-hybridized carbons (Fsp3) is 0.733. The summed E-state index contributed by atoms with van der Waals surface area (Å²) >= 11 is 10.8. The number of nitrogens with one attached hydrogen (secondary N) is 4. The molecule has 0 aromatic carbocycles. The van der Waals surface area contributed by atoms with E-state index >= 15 is 0 Å². The van der Waals surface area contributed by atoms with E-state index in [2.05, 4.69) is 21.3 Å². The third kappa shape index (κ3) is 13.5. The third-order valence-corrected chi connectivity index (χ3v) is 3.78. The molecule has 0 rings (SSSR count). The van der Waals surface area contributed by atoms with Crippen LogP contribution in [0.1, 0.15) is 19.3 Å². The smallest absolute Gasteiger partial charge is 0.317 e. The molecule has 0 aromatic heterocycles. The van der Waals surface area contributed by atoms with Crippen LogP contribution in [0.5, 0.6) is 0 Å². The summed E-state index contributed by atoms with van der Waals surface area (Å²) in [5.41, 5.74) is 0. The van der Waals surface area contributed by atoms with Crippen molar-refractivity contribution in [2.45, 2.75) is 19.3 Å². The van der Waals surface area contributed by atoms with Crippen molar-refractivity contribution in [1.29, 1.82) is 0 Å². The normalized spacial score (nSPS) is 9.92. The molecule has 0 aliphatic carbocycles. The largest absolute Gasteiger partial charge is 0.359 e. The Bertz CT molecular complexity index is 418. The first-order valence-corrected chi connectivity index (χ1v) is 9.47. The van der Waals surface area contributed by atoms with Gasteiger partial charge in [-0.2, -0.15) is 0 Å². The molecule has 9 nitrogen and oxygen atoms in total. The van der Waals surface area contributed by atoms with Crippen molar-refractivity contribution in [1.82, 2.24) is 26.2 Å². The molecule has 0 spiro atoms. The summed E-state index contributed by atoms with van der Waals surface area (Å²) in [4.78, 5) is 46.2. The molecule has 150 valence electrons. The first kappa shape index (κ1) is 24.3. The van der Waals surface area contributed by atoms with Crippen LogP contribution >= 0.6 is 23.2 Å². The molecule has 0 aliphatic heterocycles. The minimum atomic E-state index is -0.314. The molecule has 0 unspecified atom stereocenters. The Morgan fingerprint density at radius 3 is 1.81 bits per heavy atom. The van der Waals surface area contributed by atoms with Gasteiger partial charge in [0.1, 0.15) is 11.8 Å². The van der Waals surface area contributed by atoms with Gasteiger partial charge in [-0.05, 0) is 19.3 Å². The second kappa shape index (κ2) is 16.7. The fourth-order valence-electron chi connectivity index (χ4n) is 1.96. The molecule has 4 N–H and O–H groups in total. The molecular formula is C15H27Cl2N5O4. The van der Waals surface area contributed by atoms with Crippen LogP contribution in [0.2, 0.25) is 0 Å². The Kier molecular flexibility index (Phi) is 15.6. The Hall–Kier alpha value is -1.74. The van der Waals surface area contributed by atoms with Crippen LogP contribution in [-0.2, 0) is 14.4 Å². The van der Waals surface area contributed by atoms with Crippen molar-refractivity contribution in [3.05, 3.63) is 0 Å². The lowest BCUT2D eigenvalue weighted by atomic mass is 10.2. The lowest BCUT2D eigenvalue weighted by Gasteiger charge is -2.23. The molecule has 0 bridgehead atoms. The lowest BCUT2D eigenvalue weighted by Crippen LogP contribution is -2.47. The molecule has 0 fully saturated rings. The van der Waals surface area contributed by atoms with Gasteiger partial charge in [-0.15, -0.1) is 23.2 Å². The summed E-state index contributed by atoms with van der Waals surface area (Å²) < 4.78 is 0. The maximum atomic E-state index is 12.2. The van der Waals surface area contributed by atoms with Crippen LogP contribution in [0, 0.1) is 0 Å². The summed E-state index contributed by atoms with van der Waals surface area (Å²) in [5.74, 6) is -0.911. The van der Waals surface area contributed by atoms with Gasteiger partial charge in [0.05, 0.1) is 0 Å². The molecule has 0 aliphatic rings. The van der Waals surface area contributed by atoms with Crippen molar-refractivity contribution >= 4 is 47.5 Å². The number of rotatable bonds is 15. The molecular weight excluding hydrogens is 385 g/mol. The van der Waals surface area contributed by atoms with Gasteiger partial charge in [-0.25, -0.2) is 4.79 Å². The third-order valence-electron chi connectivity index (χ3n) is 3.30. The minimum Gasteiger partial charge on any atom is -0.359 e. The quantitative estimate of drug-likeness (QED) is 0.167. The summed E-state index contributed by atoms with van der Waals surface area (Å²) in [7, 11) is 0. The zero-order valence-electron chi connectivity index (χ0n) is 14.7. The van der Waals surface area contributed by atoms with Gasteiger partial charge in [-0.1, -0.05) is 0 Å². The van der Waals surface area contributed by atoms with Gasteiger partial charge >= 0.3 is 6.03 Å². The summed E-state index contributed by atoms with van der Waals surface area (Å²) in [5, 5.41) is 10.5. The lowest BCUT2D eigenvalue weighted by molar-refractivity contribution is -0.119. The number of carbonyl (C=O) groups excluding carboxylic acids is 4. The number of amides is 5. The van der Waals surface area contributed by atoms with Gasteiger partial charge in [0.25, 0.3) is 0 Å². The van der Waals surface area contributed by atoms with Crippen molar-refractivity contribution in [2.75, 3.05) is 51.0 Å². The number of hydrogen-bond acceptors (Lipinski definition) is 4. The van der Waals surface area contributed by atoms with E-state index in [1.165, 1.54) is 4.90 Å². The van der Waals surface area contributed by atoms with Crippen LogP contribution in [0.4, 0.5) is 4.79 Å². The van der Waals surface area contributed by atoms with Crippen molar-refractivity contribution in [3.63, 3.8) is 0 Å². The fourth-order valence-corrected chi connectivity index (χ4v) is 2.15. The highest BCUT2D eigenvalue weighted by Crippen LogP contribution is 1.94. The number of carbonyl (C=O) groups is 4. The Morgan fingerprint density at radius 2 is 1.31 bits per heavy atom. The molecule has 0 heterocycles. The molecule has 0 aromatic rings. The first-order valence-electron chi connectivity index (χ1n) is 8.40. The molecule has 26 heavy (non-hydrogen) atoms. The number of unbranched alkanes of at least 4 members (excludes halogenated alkanes) is 2. The van der Waals surface area contributed by atoms with E-state index in [1.54, 1.807) is 0 Å². The van der Waals surface area contributed by atoms with Gasteiger partial charge < -0.3 is 26.2 Å². The van der Waals surface area contributed by atoms with E-state index < -0.39 is 0 Å². The predicted octanol–water partition coefficient (Wildman–Crippen LogP) is -0.376. The highest BCUT2D eigenvalue weighted by atomic mass is 35.5. The number of hydrogen-bond donors (Lipinski definition) is 4. The van der Waals surface area contributed by atoms with E-state index in [0.717, 1.165) is 19.3 Å². The van der Waals surface area contributed by atoms with Gasteiger partial charge in [0.2, 0.25) is 18.2 Å². The summed E-state index contributed by atoms with van der Waals surface area (Å²) in [6, 6.07) is -0.281. The highest BCUT2D eigenvalue weighted by molar-refractivity contribution is 6.27. The average molecular weight is 412 g/mol. The SMILES string of the molecule is O=CNCCCCCNC(=O)N(CCNC(=O)CCl)CCNC(=O)CCl. The summed E-state index contributed by atoms with van der Waals surface area (Å²) in [6.45, 7) is 2.21. The standard InChI is InChI=1S/C15H27Cl2N5O4/c16-10-13(24)19-6-8-22(9-7-20-14(25)11-17)15(26)21-5-3-1-2-4-18-12-23/h12H,1-11H2,(H,18,23)(H,19,24)(H,20,25)(H,21,26). The predicted molar refractivity (Wildman–Crippen MR) is 100 cm³/mol. The van der Waals surface area contributed by atoms with E-state index in [1.807, 2.05) is 0 Å². The molecule has 0 radical (unpaired) electrons. The number of nitrogens with zero attached hydrogens (tertiary/aromatic N) is 1. The average Bonchev–Trinajstić information content (AvgIpc) is 2.65. The minimum absolute atomic E-state index is 0.142. The van der Waals surface area contributed by atoms with Gasteiger partial charge in [-0.3, -0.25) is 14.4 Å². The highest BCUT2D eigenvalue weighted by Gasteiger charge is 2.13. The second-order valence-corrected chi connectivity index (χ2v) is 5.85. The second-order valence-electron chi connectivity index (χ2n) is 5.32. The van der Waals surface area contributed by atoms with Crippen LogP contribution in [0.25, 0.3) is 0 Å². The Morgan fingerprint density at radius 1 is 0.769 bits per heavy atom. The number of urea groups is 1. The van der Waals surface area contributed by atoms with Crippen molar-refractivity contribution < 1.29 is 19.2 Å². The molecule has 5 amide bonds. The molecule has 11 heteroatoms. The zero-order chi connectivity index (χ0) is 19.6. The van der Waals surface area contributed by atoms with E-state index in [9.17, 15) is 19.2 Å². The number of alkyl halides is 2. The maximum absolute atomic E-state index is 12.2. The summed E-state index contributed by atoms with van der Waals surface area (Å²) in [6.07, 6.45) is 3.16. The van der Waals surface area contributed by atoms with Gasteiger partial charge in [0, 0.05) is 39.3 Å². The molecule has 0 atom stereocenters. The monoisotopic (exact) mass is 411 g/mol. The van der Waals surface area contributed by atoms with Crippen molar-refractivity contribution in [3.8, 4) is 0 Å². The van der Waals surface area contributed by atoms with E-state index in [4.69, 9.17) is 23.2 Å².